The molecule has 68 valence electrons. The minimum absolute atomic E-state index is 0.892. The van der Waals surface area contributed by atoms with Crippen molar-refractivity contribution in [3.8, 4) is 0 Å². The molecule has 12 heavy (non-hydrogen) atoms. The summed E-state index contributed by atoms with van der Waals surface area (Å²) >= 11 is 0. The van der Waals surface area contributed by atoms with Crippen LogP contribution in [0.2, 0.25) is 0 Å². The molecule has 2 heteroatoms. The lowest BCUT2D eigenvalue weighted by Crippen LogP contribution is -2.09. The Kier molecular flexibility index (Phi) is 7.14. The van der Waals surface area contributed by atoms with E-state index in [9.17, 15) is 0 Å². The fraction of sp³-hybridized carbons (Fsp3) is 0.400. The van der Waals surface area contributed by atoms with Gasteiger partial charge in [-0.2, -0.15) is 0 Å². The zero-order valence-electron chi connectivity index (χ0n) is 8.09. The van der Waals surface area contributed by atoms with Crippen molar-refractivity contribution in [2.24, 2.45) is 0 Å². The third-order valence-corrected chi connectivity index (χ3v) is 1.21. The summed E-state index contributed by atoms with van der Waals surface area (Å²) in [6.07, 6.45) is 9.92. The number of hydrogen-bond donors (Lipinski definition) is 2. The zero-order valence-corrected chi connectivity index (χ0v) is 8.09. The Morgan fingerprint density at radius 2 is 2.00 bits per heavy atom. The lowest BCUT2D eigenvalue weighted by Gasteiger charge is -1.98. The van der Waals surface area contributed by atoms with E-state index in [2.05, 4.69) is 16.7 Å². The largest absolute Gasteiger partial charge is 0.386 e. The van der Waals surface area contributed by atoms with Gasteiger partial charge in [-0.1, -0.05) is 26.0 Å². The van der Waals surface area contributed by atoms with Crippen molar-refractivity contribution in [2.45, 2.75) is 20.8 Å². The van der Waals surface area contributed by atoms with E-state index in [0.717, 1.165) is 12.2 Å². The van der Waals surface area contributed by atoms with Crippen LogP contribution < -0.4 is 10.6 Å². The van der Waals surface area contributed by atoms with Crippen molar-refractivity contribution >= 4 is 0 Å². The third kappa shape index (κ3) is 5.59. The molecule has 1 heterocycles. The van der Waals surface area contributed by atoms with Gasteiger partial charge in [0, 0.05) is 24.6 Å². The molecule has 2 N–H and O–H groups in total. The van der Waals surface area contributed by atoms with Crippen molar-refractivity contribution in [2.75, 3.05) is 6.54 Å². The van der Waals surface area contributed by atoms with Gasteiger partial charge in [0.1, 0.15) is 0 Å². The average molecular weight is 166 g/mol. The predicted octanol–water partition coefficient (Wildman–Crippen LogP) is 2.14. The lowest BCUT2D eigenvalue weighted by atomic mass is 10.5. The second-order valence-electron chi connectivity index (χ2n) is 2.17. The SMILES string of the molecule is C/C1=C/NC/C=C\C=C/N1.CC. The molecule has 0 amide bonds. The van der Waals surface area contributed by atoms with E-state index in [4.69, 9.17) is 0 Å². The first-order chi connectivity index (χ1) is 5.89. The molecule has 0 radical (unpaired) electrons. The van der Waals surface area contributed by atoms with Gasteiger partial charge in [-0.05, 0) is 13.0 Å². The van der Waals surface area contributed by atoms with Gasteiger partial charge in [0.2, 0.25) is 0 Å². The molecule has 0 aromatic carbocycles. The number of hydrogen-bond acceptors (Lipinski definition) is 2. The number of rotatable bonds is 0. The second-order valence-corrected chi connectivity index (χ2v) is 2.17. The summed E-state index contributed by atoms with van der Waals surface area (Å²) in [6.45, 7) is 6.91. The zero-order chi connectivity index (χ0) is 9.23. The molecule has 0 fully saturated rings. The molecule has 0 saturated heterocycles. The maximum Gasteiger partial charge on any atom is 0.0328 e. The Balaban J connectivity index is 0.000000561. The second kappa shape index (κ2) is 7.92. The van der Waals surface area contributed by atoms with E-state index in [1.807, 2.05) is 45.3 Å². The molecule has 1 aliphatic rings. The quantitative estimate of drug-likeness (QED) is 0.576. The van der Waals surface area contributed by atoms with E-state index >= 15 is 0 Å². The first-order valence-electron chi connectivity index (χ1n) is 4.38. The standard InChI is InChI=1S/C8H12N2.C2H6/c1-8-7-9-5-3-2-4-6-10-8;1-2/h2-4,6-7,9-10H,5H2,1H3;1-2H3/b3-2-,6-4-,8-7-;. The van der Waals surface area contributed by atoms with Crippen LogP contribution in [0.1, 0.15) is 20.8 Å². The number of allylic oxidation sites excluding steroid dienone is 3. The fourth-order valence-electron chi connectivity index (χ4n) is 0.703. The van der Waals surface area contributed by atoms with Crippen LogP contribution in [0.25, 0.3) is 0 Å². The van der Waals surface area contributed by atoms with Crippen LogP contribution >= 0.6 is 0 Å². The molecular weight excluding hydrogens is 148 g/mol. The Hall–Kier alpha value is -1.18. The lowest BCUT2D eigenvalue weighted by molar-refractivity contribution is 0.936. The average Bonchev–Trinajstić information content (AvgIpc) is 2.22. The van der Waals surface area contributed by atoms with Crippen LogP contribution in [0, 0.1) is 0 Å². The first kappa shape index (κ1) is 10.8. The molecular formula is C10H18N2. The van der Waals surface area contributed by atoms with Crippen molar-refractivity contribution in [3.63, 3.8) is 0 Å². The highest BCUT2D eigenvalue weighted by atomic mass is 14.9. The van der Waals surface area contributed by atoms with Gasteiger partial charge in [0.25, 0.3) is 0 Å². The van der Waals surface area contributed by atoms with Gasteiger partial charge in [0.05, 0.1) is 0 Å². The molecule has 0 aliphatic carbocycles. The Labute approximate surface area is 75.1 Å². The molecule has 0 aromatic heterocycles. The smallest absolute Gasteiger partial charge is 0.0328 e. The summed E-state index contributed by atoms with van der Waals surface area (Å²) < 4.78 is 0. The van der Waals surface area contributed by atoms with Crippen molar-refractivity contribution < 1.29 is 0 Å². The molecule has 1 rings (SSSR count). The normalized spacial score (nSPS) is 24.8. The molecule has 0 spiro atoms. The maximum absolute atomic E-state index is 3.13. The van der Waals surface area contributed by atoms with Crippen LogP contribution in [0.5, 0.6) is 0 Å². The molecule has 0 bridgehead atoms. The van der Waals surface area contributed by atoms with Gasteiger partial charge in [-0.3, -0.25) is 0 Å². The Bertz CT molecular complexity index is 178. The van der Waals surface area contributed by atoms with Crippen molar-refractivity contribution in [1.29, 1.82) is 0 Å². The summed E-state index contributed by atoms with van der Waals surface area (Å²) in [5.41, 5.74) is 1.12. The Morgan fingerprint density at radius 1 is 1.25 bits per heavy atom. The van der Waals surface area contributed by atoms with Crippen LogP contribution in [0.15, 0.2) is 36.3 Å². The summed E-state index contributed by atoms with van der Waals surface area (Å²) in [5, 5.41) is 6.22. The summed E-state index contributed by atoms with van der Waals surface area (Å²) in [4.78, 5) is 0. The Morgan fingerprint density at radius 3 is 2.75 bits per heavy atom. The van der Waals surface area contributed by atoms with Crippen molar-refractivity contribution in [3.05, 3.63) is 36.3 Å². The highest BCUT2D eigenvalue weighted by Gasteiger charge is 1.82. The monoisotopic (exact) mass is 166 g/mol. The summed E-state index contributed by atoms with van der Waals surface area (Å²) in [6, 6.07) is 0. The van der Waals surface area contributed by atoms with Crippen molar-refractivity contribution in [1.82, 2.24) is 10.6 Å². The molecule has 2 nitrogen and oxygen atoms in total. The minimum atomic E-state index is 0.892. The molecule has 0 atom stereocenters. The van der Waals surface area contributed by atoms with Crippen LogP contribution in [0.4, 0.5) is 0 Å². The highest BCUT2D eigenvalue weighted by Crippen LogP contribution is 1.86. The van der Waals surface area contributed by atoms with Crippen LogP contribution in [-0.4, -0.2) is 6.54 Å². The predicted molar refractivity (Wildman–Crippen MR) is 54.5 cm³/mol. The van der Waals surface area contributed by atoms with Gasteiger partial charge >= 0.3 is 0 Å². The maximum atomic E-state index is 3.13. The summed E-state index contributed by atoms with van der Waals surface area (Å²) in [7, 11) is 0. The van der Waals surface area contributed by atoms with Gasteiger partial charge in [-0.25, -0.2) is 0 Å². The van der Waals surface area contributed by atoms with E-state index in [1.54, 1.807) is 0 Å². The topological polar surface area (TPSA) is 24.1 Å². The summed E-state index contributed by atoms with van der Waals surface area (Å²) in [5.74, 6) is 0. The van der Waals surface area contributed by atoms with E-state index in [0.29, 0.717) is 0 Å². The fourth-order valence-corrected chi connectivity index (χ4v) is 0.703. The molecule has 1 aliphatic heterocycles. The van der Waals surface area contributed by atoms with Gasteiger partial charge in [0.15, 0.2) is 0 Å². The molecule has 0 unspecified atom stereocenters. The third-order valence-electron chi connectivity index (χ3n) is 1.21. The van der Waals surface area contributed by atoms with E-state index in [-0.39, 0.29) is 0 Å². The van der Waals surface area contributed by atoms with Gasteiger partial charge in [-0.15, -0.1) is 0 Å². The highest BCUT2D eigenvalue weighted by molar-refractivity contribution is 5.09. The van der Waals surface area contributed by atoms with E-state index < -0.39 is 0 Å². The van der Waals surface area contributed by atoms with Gasteiger partial charge < -0.3 is 10.6 Å². The number of nitrogens with one attached hydrogen (secondary N) is 2. The molecule has 0 aromatic rings. The first-order valence-corrected chi connectivity index (χ1v) is 4.38. The molecule has 0 saturated carbocycles. The van der Waals surface area contributed by atoms with Crippen LogP contribution in [0.3, 0.4) is 0 Å². The van der Waals surface area contributed by atoms with E-state index in [1.165, 1.54) is 0 Å². The minimum Gasteiger partial charge on any atom is -0.386 e. The van der Waals surface area contributed by atoms with Crippen LogP contribution in [-0.2, 0) is 0 Å².